The first-order chi connectivity index (χ1) is 12.7. The summed E-state index contributed by atoms with van der Waals surface area (Å²) < 4.78 is 12.7. The van der Waals surface area contributed by atoms with Crippen LogP contribution in [0.2, 0.25) is 0 Å². The first-order valence-corrected chi connectivity index (χ1v) is 8.31. The van der Waals surface area contributed by atoms with E-state index < -0.39 is 0 Å². The third kappa shape index (κ3) is 3.26. The Balaban J connectivity index is 1.57. The highest BCUT2D eigenvalue weighted by molar-refractivity contribution is 5.44. The Morgan fingerprint density at radius 2 is 2.04 bits per heavy atom. The molecule has 134 valence electrons. The molecule has 0 saturated carbocycles. The molecule has 4 rings (SSSR count). The van der Waals surface area contributed by atoms with Crippen LogP contribution in [0.4, 0.5) is 5.95 Å². The lowest BCUT2D eigenvalue weighted by Crippen LogP contribution is -2.28. The number of benzene rings is 2. The van der Waals surface area contributed by atoms with Crippen LogP contribution in [0, 0.1) is 0 Å². The zero-order valence-corrected chi connectivity index (χ0v) is 14.4. The number of ether oxygens (including phenoxy) is 2. The lowest BCUT2D eigenvalue weighted by molar-refractivity contribution is 0.330. The molecule has 0 saturated heterocycles. The first-order valence-electron chi connectivity index (χ1n) is 8.31. The lowest BCUT2D eigenvalue weighted by atomic mass is 10.2. The van der Waals surface area contributed by atoms with Crippen LogP contribution in [-0.2, 0) is 13.1 Å². The second-order valence-electron chi connectivity index (χ2n) is 6.05. The molecule has 0 radical (unpaired) electrons. The second kappa shape index (κ2) is 6.91. The van der Waals surface area contributed by atoms with E-state index in [4.69, 9.17) is 9.47 Å². The number of nitrogens with zero attached hydrogens (tertiary/aromatic N) is 5. The van der Waals surface area contributed by atoms with Crippen LogP contribution in [0.5, 0.6) is 17.2 Å². The van der Waals surface area contributed by atoms with E-state index in [0.29, 0.717) is 32.2 Å². The molecule has 0 aliphatic carbocycles. The molecule has 0 spiro atoms. The van der Waals surface area contributed by atoms with Gasteiger partial charge in [0.1, 0.15) is 23.9 Å². The van der Waals surface area contributed by atoms with Crippen LogP contribution in [-0.4, -0.2) is 45.6 Å². The van der Waals surface area contributed by atoms with Gasteiger partial charge in [0.25, 0.3) is 0 Å². The van der Waals surface area contributed by atoms with Crippen molar-refractivity contribution < 1.29 is 14.6 Å². The molecule has 1 aromatic heterocycles. The summed E-state index contributed by atoms with van der Waals surface area (Å²) in [6.07, 6.45) is 0. The molecule has 2 heterocycles. The Kier molecular flexibility index (Phi) is 4.30. The van der Waals surface area contributed by atoms with Crippen molar-refractivity contribution in [2.75, 3.05) is 25.2 Å². The Hall–Kier alpha value is -3.29. The number of rotatable bonds is 4. The molecule has 26 heavy (non-hydrogen) atoms. The number of aromatic nitrogens is 4. The number of anilines is 1. The number of phenolic OH excluding ortho intramolecular Hbond substituents is 1. The minimum atomic E-state index is 0.215. The monoisotopic (exact) mass is 353 g/mol. The Morgan fingerprint density at radius 1 is 1.19 bits per heavy atom. The maximum absolute atomic E-state index is 9.76. The standard InChI is InChI=1S/C18H19N5O3/c1-25-16-5-2-13(3-6-16)11-23-18(19-20-21-23)22-8-9-26-17-7-4-15(24)10-14(17)12-22/h2-7,10,24H,8-9,11-12H2,1H3. The number of aromatic hydroxyl groups is 1. The van der Waals surface area contributed by atoms with Gasteiger partial charge in [0.05, 0.1) is 20.2 Å². The first kappa shape index (κ1) is 16.2. The number of tetrazole rings is 1. The van der Waals surface area contributed by atoms with E-state index in [2.05, 4.69) is 20.4 Å². The van der Waals surface area contributed by atoms with Crippen LogP contribution in [0.25, 0.3) is 0 Å². The number of phenols is 1. The Bertz CT molecular complexity index is 894. The van der Waals surface area contributed by atoms with Gasteiger partial charge in [-0.3, -0.25) is 0 Å². The SMILES string of the molecule is COc1ccc(Cn2nnnc2N2CCOc3ccc(O)cc3C2)cc1. The van der Waals surface area contributed by atoms with Crippen molar-refractivity contribution in [3.05, 3.63) is 53.6 Å². The summed E-state index contributed by atoms with van der Waals surface area (Å²) in [4.78, 5) is 2.05. The van der Waals surface area contributed by atoms with Crippen LogP contribution >= 0.6 is 0 Å². The van der Waals surface area contributed by atoms with E-state index >= 15 is 0 Å². The molecule has 1 aliphatic rings. The minimum Gasteiger partial charge on any atom is -0.508 e. The van der Waals surface area contributed by atoms with Crippen LogP contribution in [0.3, 0.4) is 0 Å². The summed E-state index contributed by atoms with van der Waals surface area (Å²) >= 11 is 0. The largest absolute Gasteiger partial charge is 0.508 e. The van der Waals surface area contributed by atoms with E-state index in [9.17, 15) is 5.11 Å². The number of fused-ring (bicyclic) bond motifs is 1. The fourth-order valence-corrected chi connectivity index (χ4v) is 2.98. The van der Waals surface area contributed by atoms with Gasteiger partial charge in [-0.15, -0.1) is 0 Å². The van der Waals surface area contributed by atoms with Crippen molar-refractivity contribution in [3.63, 3.8) is 0 Å². The molecule has 8 nitrogen and oxygen atoms in total. The maximum atomic E-state index is 9.76. The van der Waals surface area contributed by atoms with Crippen molar-refractivity contribution >= 4 is 5.95 Å². The Labute approximate surface area is 150 Å². The van der Waals surface area contributed by atoms with E-state index in [0.717, 1.165) is 22.6 Å². The average molecular weight is 353 g/mol. The molecule has 1 N–H and O–H groups in total. The van der Waals surface area contributed by atoms with Gasteiger partial charge in [-0.2, -0.15) is 0 Å². The normalized spacial score (nSPS) is 13.7. The summed E-state index contributed by atoms with van der Waals surface area (Å²) in [6.45, 7) is 2.29. The molecule has 0 unspecified atom stereocenters. The van der Waals surface area contributed by atoms with Crippen molar-refractivity contribution in [3.8, 4) is 17.2 Å². The van der Waals surface area contributed by atoms with Crippen molar-refractivity contribution in [1.82, 2.24) is 20.2 Å². The van der Waals surface area contributed by atoms with Gasteiger partial charge in [0.2, 0.25) is 5.95 Å². The molecule has 2 aromatic carbocycles. The summed E-state index contributed by atoms with van der Waals surface area (Å²) in [7, 11) is 1.64. The van der Waals surface area contributed by atoms with Crippen molar-refractivity contribution in [1.29, 1.82) is 0 Å². The maximum Gasteiger partial charge on any atom is 0.246 e. The minimum absolute atomic E-state index is 0.215. The van der Waals surface area contributed by atoms with Gasteiger partial charge < -0.3 is 19.5 Å². The molecular formula is C18H19N5O3. The molecular weight excluding hydrogens is 334 g/mol. The summed E-state index contributed by atoms with van der Waals surface area (Å²) in [5.41, 5.74) is 1.98. The van der Waals surface area contributed by atoms with Gasteiger partial charge in [0.15, 0.2) is 0 Å². The Morgan fingerprint density at radius 3 is 2.85 bits per heavy atom. The van der Waals surface area contributed by atoms with E-state index in [1.807, 2.05) is 24.3 Å². The van der Waals surface area contributed by atoms with Gasteiger partial charge >= 0.3 is 0 Å². The number of hydrogen-bond donors (Lipinski definition) is 1. The smallest absolute Gasteiger partial charge is 0.246 e. The number of hydrogen-bond acceptors (Lipinski definition) is 7. The lowest BCUT2D eigenvalue weighted by Gasteiger charge is -2.20. The highest BCUT2D eigenvalue weighted by Crippen LogP contribution is 2.28. The van der Waals surface area contributed by atoms with Crippen LogP contribution in [0.1, 0.15) is 11.1 Å². The van der Waals surface area contributed by atoms with E-state index in [-0.39, 0.29) is 5.75 Å². The number of methoxy groups -OCH3 is 1. The van der Waals surface area contributed by atoms with Gasteiger partial charge in [-0.25, -0.2) is 4.68 Å². The third-order valence-electron chi connectivity index (χ3n) is 4.31. The van der Waals surface area contributed by atoms with E-state index in [1.54, 1.807) is 30.0 Å². The predicted molar refractivity (Wildman–Crippen MR) is 94.6 cm³/mol. The van der Waals surface area contributed by atoms with Crippen LogP contribution < -0.4 is 14.4 Å². The highest BCUT2D eigenvalue weighted by Gasteiger charge is 2.21. The molecule has 0 fully saturated rings. The summed E-state index contributed by atoms with van der Waals surface area (Å²) in [5, 5.41) is 21.9. The summed E-state index contributed by atoms with van der Waals surface area (Å²) in [6, 6.07) is 12.9. The third-order valence-corrected chi connectivity index (χ3v) is 4.31. The van der Waals surface area contributed by atoms with Crippen molar-refractivity contribution in [2.24, 2.45) is 0 Å². The predicted octanol–water partition coefficient (Wildman–Crippen LogP) is 1.83. The molecule has 3 aromatic rings. The fourth-order valence-electron chi connectivity index (χ4n) is 2.98. The van der Waals surface area contributed by atoms with Gasteiger partial charge in [0, 0.05) is 12.1 Å². The highest BCUT2D eigenvalue weighted by atomic mass is 16.5. The average Bonchev–Trinajstić information content (AvgIpc) is 3.01. The van der Waals surface area contributed by atoms with Crippen LogP contribution in [0.15, 0.2) is 42.5 Å². The molecule has 1 aliphatic heterocycles. The quantitative estimate of drug-likeness (QED) is 0.766. The molecule has 8 heteroatoms. The molecule has 0 bridgehead atoms. The zero-order chi connectivity index (χ0) is 17.9. The van der Waals surface area contributed by atoms with Gasteiger partial charge in [-0.1, -0.05) is 17.2 Å². The second-order valence-corrected chi connectivity index (χ2v) is 6.05. The molecule has 0 amide bonds. The van der Waals surface area contributed by atoms with Crippen molar-refractivity contribution in [2.45, 2.75) is 13.1 Å². The summed E-state index contributed by atoms with van der Waals surface area (Å²) in [5.74, 6) is 2.47. The molecule has 0 atom stereocenters. The van der Waals surface area contributed by atoms with Gasteiger partial charge in [-0.05, 0) is 46.3 Å². The zero-order valence-electron chi connectivity index (χ0n) is 14.4. The van der Waals surface area contributed by atoms with E-state index in [1.165, 1.54) is 0 Å². The fraction of sp³-hybridized carbons (Fsp3) is 0.278. The topological polar surface area (TPSA) is 85.5 Å².